The molecule has 1 saturated heterocycles. The molecule has 0 aromatic heterocycles. The van der Waals surface area contributed by atoms with Crippen molar-refractivity contribution >= 4 is 27.5 Å². The molecule has 1 aliphatic heterocycles. The summed E-state index contributed by atoms with van der Waals surface area (Å²) in [4.78, 5) is 24.6. The van der Waals surface area contributed by atoms with E-state index in [1.165, 1.54) is 11.4 Å². The Kier molecular flexibility index (Phi) is 7.87. The third kappa shape index (κ3) is 5.86. The zero-order chi connectivity index (χ0) is 23.1. The molecule has 9 heteroatoms. The molecular weight excluding hydrogens is 430 g/mol. The van der Waals surface area contributed by atoms with E-state index in [-0.39, 0.29) is 11.4 Å². The van der Waals surface area contributed by atoms with Gasteiger partial charge in [-0.05, 0) is 61.6 Å². The Morgan fingerprint density at radius 2 is 1.69 bits per heavy atom. The predicted molar refractivity (Wildman–Crippen MR) is 122 cm³/mol. The summed E-state index contributed by atoms with van der Waals surface area (Å²) in [6.45, 7) is 3.24. The number of carbonyl (C=O) groups is 2. The van der Waals surface area contributed by atoms with Gasteiger partial charge in [-0.1, -0.05) is 24.6 Å². The first kappa shape index (κ1) is 23.7. The van der Waals surface area contributed by atoms with Crippen molar-refractivity contribution in [3.05, 3.63) is 53.6 Å². The van der Waals surface area contributed by atoms with Crippen molar-refractivity contribution in [1.29, 1.82) is 0 Å². The first-order valence-electron chi connectivity index (χ1n) is 10.6. The summed E-state index contributed by atoms with van der Waals surface area (Å²) in [6.07, 6.45) is 3.31. The highest BCUT2D eigenvalue weighted by Crippen LogP contribution is 2.25. The third-order valence-electron chi connectivity index (χ3n) is 5.38. The number of hydrogen-bond donors (Lipinski definition) is 2. The molecule has 2 aromatic carbocycles. The lowest BCUT2D eigenvalue weighted by Gasteiger charge is -2.25. The number of amides is 2. The Hall–Kier alpha value is -2.91. The minimum absolute atomic E-state index is 0.245. The van der Waals surface area contributed by atoms with E-state index in [9.17, 15) is 18.0 Å². The quantitative estimate of drug-likeness (QED) is 0.619. The first-order valence-corrected chi connectivity index (χ1v) is 12.1. The van der Waals surface area contributed by atoms with Gasteiger partial charge in [0.25, 0.3) is 0 Å². The zero-order valence-electron chi connectivity index (χ0n) is 18.4. The van der Waals surface area contributed by atoms with Gasteiger partial charge in [-0.3, -0.25) is 9.59 Å². The lowest BCUT2D eigenvalue weighted by atomic mass is 10.1. The highest BCUT2D eigenvalue weighted by atomic mass is 32.2. The monoisotopic (exact) mass is 459 g/mol. The third-order valence-corrected chi connectivity index (χ3v) is 7.30. The number of nitrogens with zero attached hydrogens (tertiary/aromatic N) is 1. The molecule has 0 saturated carbocycles. The lowest BCUT2D eigenvalue weighted by Crippen LogP contribution is -2.36. The second-order valence-corrected chi connectivity index (χ2v) is 9.71. The molecule has 3 rings (SSSR count). The van der Waals surface area contributed by atoms with E-state index in [0.29, 0.717) is 30.9 Å². The van der Waals surface area contributed by atoms with E-state index in [1.54, 1.807) is 36.4 Å². The van der Waals surface area contributed by atoms with E-state index in [2.05, 4.69) is 10.6 Å². The molecule has 2 amide bonds. The molecule has 1 heterocycles. The number of aryl methyl sites for hydroxylation is 1. The fourth-order valence-corrected chi connectivity index (χ4v) is 5.10. The van der Waals surface area contributed by atoms with Gasteiger partial charge < -0.3 is 15.4 Å². The normalized spacial score (nSPS) is 14.6. The van der Waals surface area contributed by atoms with Crippen molar-refractivity contribution in [2.45, 2.75) is 37.5 Å². The largest absolute Gasteiger partial charge is 0.495 e. The molecule has 2 aromatic rings. The standard InChI is InChI=1S/C23H29N3O5S/c1-17-6-11-21(31-2)20(16-17)25-23(28)22(27)24-13-12-18-7-9-19(10-8-18)32(29,30)26-14-4-3-5-15-26/h6-11,16H,3-5,12-15H2,1-2H3,(H,24,27)(H,25,28). The van der Waals surface area contributed by atoms with Crippen LogP contribution in [0.1, 0.15) is 30.4 Å². The summed E-state index contributed by atoms with van der Waals surface area (Å²) in [5, 5.41) is 5.14. The number of rotatable bonds is 7. The Bertz CT molecular complexity index is 1060. The minimum atomic E-state index is -3.46. The summed E-state index contributed by atoms with van der Waals surface area (Å²) in [6, 6.07) is 12.0. The molecule has 1 aliphatic rings. The van der Waals surface area contributed by atoms with Crippen LogP contribution >= 0.6 is 0 Å². The van der Waals surface area contributed by atoms with Gasteiger partial charge in [0.05, 0.1) is 17.7 Å². The number of benzene rings is 2. The first-order chi connectivity index (χ1) is 15.3. The van der Waals surface area contributed by atoms with Crippen molar-refractivity contribution in [2.24, 2.45) is 0 Å². The number of hydrogen-bond acceptors (Lipinski definition) is 5. The summed E-state index contributed by atoms with van der Waals surface area (Å²) in [7, 11) is -1.97. The summed E-state index contributed by atoms with van der Waals surface area (Å²) < 4.78 is 32.2. The van der Waals surface area contributed by atoms with Crippen molar-refractivity contribution in [3.8, 4) is 5.75 Å². The van der Waals surface area contributed by atoms with Crippen LogP contribution in [0.3, 0.4) is 0 Å². The van der Waals surface area contributed by atoms with Gasteiger partial charge in [0.2, 0.25) is 10.0 Å². The molecule has 0 unspecified atom stereocenters. The average molecular weight is 460 g/mol. The number of piperidine rings is 1. The number of methoxy groups -OCH3 is 1. The van der Waals surface area contributed by atoms with Crippen molar-refractivity contribution in [2.75, 3.05) is 32.1 Å². The summed E-state index contributed by atoms with van der Waals surface area (Å²) in [5.74, 6) is -1.06. The Morgan fingerprint density at radius 1 is 1.00 bits per heavy atom. The number of nitrogens with one attached hydrogen (secondary N) is 2. The van der Waals surface area contributed by atoms with Crippen LogP contribution in [-0.4, -0.2) is 51.3 Å². The van der Waals surface area contributed by atoms with Crippen LogP contribution in [0, 0.1) is 6.92 Å². The van der Waals surface area contributed by atoms with Gasteiger partial charge in [-0.15, -0.1) is 0 Å². The van der Waals surface area contributed by atoms with Crippen LogP contribution in [0.25, 0.3) is 0 Å². The van der Waals surface area contributed by atoms with E-state index >= 15 is 0 Å². The maximum atomic E-state index is 12.7. The second kappa shape index (κ2) is 10.6. The van der Waals surface area contributed by atoms with Crippen LogP contribution in [-0.2, 0) is 26.0 Å². The van der Waals surface area contributed by atoms with Gasteiger partial charge in [0, 0.05) is 19.6 Å². The van der Waals surface area contributed by atoms with E-state index < -0.39 is 21.8 Å². The molecule has 1 fully saturated rings. The summed E-state index contributed by atoms with van der Waals surface area (Å²) >= 11 is 0. The summed E-state index contributed by atoms with van der Waals surface area (Å²) in [5.41, 5.74) is 2.22. The molecular formula is C23H29N3O5S. The Labute approximate surface area is 189 Å². The lowest BCUT2D eigenvalue weighted by molar-refractivity contribution is -0.136. The van der Waals surface area contributed by atoms with Crippen LogP contribution in [0.4, 0.5) is 5.69 Å². The molecule has 0 spiro atoms. The maximum absolute atomic E-state index is 12.7. The molecule has 0 bridgehead atoms. The highest BCUT2D eigenvalue weighted by molar-refractivity contribution is 7.89. The molecule has 2 N–H and O–H groups in total. The number of ether oxygens (including phenoxy) is 1. The SMILES string of the molecule is COc1ccc(C)cc1NC(=O)C(=O)NCCc1ccc(S(=O)(=O)N2CCCCC2)cc1. The van der Waals surface area contributed by atoms with Crippen molar-refractivity contribution < 1.29 is 22.7 Å². The van der Waals surface area contributed by atoms with Crippen LogP contribution < -0.4 is 15.4 Å². The smallest absolute Gasteiger partial charge is 0.313 e. The van der Waals surface area contributed by atoms with Crippen LogP contribution in [0.5, 0.6) is 5.75 Å². The van der Waals surface area contributed by atoms with Gasteiger partial charge in [0.1, 0.15) is 5.75 Å². The van der Waals surface area contributed by atoms with Crippen LogP contribution in [0.15, 0.2) is 47.4 Å². The molecule has 8 nitrogen and oxygen atoms in total. The van der Waals surface area contributed by atoms with Gasteiger partial charge in [-0.25, -0.2) is 8.42 Å². The average Bonchev–Trinajstić information content (AvgIpc) is 2.80. The van der Waals surface area contributed by atoms with Gasteiger partial charge >= 0.3 is 11.8 Å². The zero-order valence-corrected chi connectivity index (χ0v) is 19.2. The number of anilines is 1. The molecule has 0 atom stereocenters. The van der Waals surface area contributed by atoms with E-state index in [0.717, 1.165) is 30.4 Å². The topological polar surface area (TPSA) is 105 Å². The Morgan fingerprint density at radius 3 is 2.34 bits per heavy atom. The Balaban J connectivity index is 1.51. The number of sulfonamides is 1. The van der Waals surface area contributed by atoms with Crippen LogP contribution in [0.2, 0.25) is 0 Å². The molecule has 32 heavy (non-hydrogen) atoms. The molecule has 0 radical (unpaired) electrons. The molecule has 0 aliphatic carbocycles. The molecule has 172 valence electrons. The minimum Gasteiger partial charge on any atom is -0.495 e. The van der Waals surface area contributed by atoms with Crippen molar-refractivity contribution in [3.63, 3.8) is 0 Å². The van der Waals surface area contributed by atoms with Gasteiger partial charge in [-0.2, -0.15) is 4.31 Å². The van der Waals surface area contributed by atoms with Crippen molar-refractivity contribution in [1.82, 2.24) is 9.62 Å². The highest BCUT2D eigenvalue weighted by Gasteiger charge is 2.25. The fourth-order valence-electron chi connectivity index (χ4n) is 3.58. The fraction of sp³-hybridized carbons (Fsp3) is 0.391. The van der Waals surface area contributed by atoms with Gasteiger partial charge in [0.15, 0.2) is 0 Å². The van der Waals surface area contributed by atoms with E-state index in [4.69, 9.17) is 4.74 Å². The number of carbonyl (C=O) groups excluding carboxylic acids is 2. The predicted octanol–water partition coefficient (Wildman–Crippen LogP) is 2.48. The van der Waals surface area contributed by atoms with E-state index in [1.807, 2.05) is 13.0 Å². The maximum Gasteiger partial charge on any atom is 0.313 e. The second-order valence-electron chi connectivity index (χ2n) is 7.77.